The standard InChI is InChI=1S/C14H20F3N3O2S/c15-14(16,17)8-4-9-23(19,22)10-7-12(18)13(21)20-11-5-2-1-3-6-11/h1-3,5-6,12,19H,4,7-10,18H2,(H,20,21)/t12-,23?/m0/s1. The number of rotatable bonds is 8. The predicted molar refractivity (Wildman–Crippen MR) is 83.5 cm³/mol. The SMILES string of the molecule is N=S(=O)(CCCC(F)(F)F)CC[C@H](N)C(=O)Nc1ccccc1. The Kier molecular flexibility index (Phi) is 7.01. The molecule has 5 nitrogen and oxygen atoms in total. The molecular weight excluding hydrogens is 331 g/mol. The molecule has 0 aliphatic heterocycles. The summed E-state index contributed by atoms with van der Waals surface area (Å²) in [6.45, 7) is 0. The Morgan fingerprint density at radius 1 is 1.26 bits per heavy atom. The molecule has 2 atom stereocenters. The molecule has 0 heterocycles. The maximum Gasteiger partial charge on any atom is 0.389 e. The molecule has 0 saturated heterocycles. The molecule has 9 heteroatoms. The van der Waals surface area contributed by atoms with Gasteiger partial charge in [0.15, 0.2) is 0 Å². The van der Waals surface area contributed by atoms with Crippen molar-refractivity contribution in [2.45, 2.75) is 31.5 Å². The first-order valence-electron chi connectivity index (χ1n) is 7.01. The molecule has 0 bridgehead atoms. The Morgan fingerprint density at radius 2 is 1.87 bits per heavy atom. The van der Waals surface area contributed by atoms with Crippen LogP contribution in [0.1, 0.15) is 19.3 Å². The van der Waals surface area contributed by atoms with Gasteiger partial charge in [-0.3, -0.25) is 9.57 Å². The largest absolute Gasteiger partial charge is 0.389 e. The average Bonchev–Trinajstić information content (AvgIpc) is 2.44. The van der Waals surface area contributed by atoms with E-state index in [0.29, 0.717) is 5.69 Å². The van der Waals surface area contributed by atoms with Crippen molar-refractivity contribution in [1.29, 1.82) is 4.78 Å². The van der Waals surface area contributed by atoms with E-state index in [1.54, 1.807) is 30.3 Å². The summed E-state index contributed by atoms with van der Waals surface area (Å²) < 4.78 is 55.5. The molecule has 1 rings (SSSR count). The molecule has 130 valence electrons. The molecule has 0 fully saturated rings. The van der Waals surface area contributed by atoms with Gasteiger partial charge in [0.1, 0.15) is 0 Å². The topological polar surface area (TPSA) is 96.0 Å². The average molecular weight is 351 g/mol. The van der Waals surface area contributed by atoms with E-state index in [2.05, 4.69) is 5.32 Å². The number of benzene rings is 1. The molecule has 23 heavy (non-hydrogen) atoms. The fraction of sp³-hybridized carbons (Fsp3) is 0.500. The molecule has 1 aromatic rings. The van der Waals surface area contributed by atoms with Crippen molar-refractivity contribution in [2.75, 3.05) is 16.8 Å². The van der Waals surface area contributed by atoms with Gasteiger partial charge >= 0.3 is 6.18 Å². The van der Waals surface area contributed by atoms with Gasteiger partial charge in [-0.05, 0) is 25.0 Å². The highest BCUT2D eigenvalue weighted by Crippen LogP contribution is 2.21. The van der Waals surface area contributed by atoms with Crippen molar-refractivity contribution in [3.63, 3.8) is 0 Å². The number of hydrogen-bond acceptors (Lipinski definition) is 4. The van der Waals surface area contributed by atoms with Crippen molar-refractivity contribution >= 4 is 21.3 Å². The zero-order chi connectivity index (χ0) is 17.5. The zero-order valence-corrected chi connectivity index (χ0v) is 13.3. The third kappa shape index (κ3) is 8.56. The van der Waals surface area contributed by atoms with Crippen LogP contribution in [0.5, 0.6) is 0 Å². The van der Waals surface area contributed by atoms with E-state index in [0.717, 1.165) is 0 Å². The number of amides is 1. The number of nitrogens with one attached hydrogen (secondary N) is 2. The molecule has 4 N–H and O–H groups in total. The number of alkyl halides is 3. The number of nitrogens with two attached hydrogens (primary N) is 1. The van der Waals surface area contributed by atoms with Crippen molar-refractivity contribution in [3.05, 3.63) is 30.3 Å². The molecule has 0 saturated carbocycles. The van der Waals surface area contributed by atoms with Crippen LogP contribution in [0.3, 0.4) is 0 Å². The van der Waals surface area contributed by atoms with Crippen LogP contribution >= 0.6 is 0 Å². The lowest BCUT2D eigenvalue weighted by atomic mass is 10.2. The van der Waals surface area contributed by atoms with E-state index in [1.165, 1.54) is 0 Å². The Hall–Kier alpha value is -1.61. The first-order valence-corrected chi connectivity index (χ1v) is 8.91. The Labute approximate surface area is 133 Å². The Balaban J connectivity index is 2.39. The molecule has 0 aromatic heterocycles. The van der Waals surface area contributed by atoms with Gasteiger partial charge in [-0.2, -0.15) is 13.2 Å². The van der Waals surface area contributed by atoms with E-state index < -0.39 is 34.3 Å². The Bertz CT molecular complexity index is 603. The van der Waals surface area contributed by atoms with E-state index in [4.69, 9.17) is 10.5 Å². The first-order chi connectivity index (χ1) is 10.6. The molecule has 1 amide bonds. The van der Waals surface area contributed by atoms with Gasteiger partial charge in [0.2, 0.25) is 5.91 Å². The first kappa shape index (κ1) is 19.4. The molecule has 1 aromatic carbocycles. The lowest BCUT2D eigenvalue weighted by Crippen LogP contribution is -2.37. The normalized spacial score (nSPS) is 15.7. The second kappa shape index (κ2) is 8.30. The van der Waals surface area contributed by atoms with Crippen LogP contribution in [0.25, 0.3) is 0 Å². The molecule has 1 unspecified atom stereocenters. The summed E-state index contributed by atoms with van der Waals surface area (Å²) in [5.41, 5.74) is 6.23. The van der Waals surface area contributed by atoms with Gasteiger partial charge < -0.3 is 11.1 Å². The van der Waals surface area contributed by atoms with Crippen LogP contribution in [0.4, 0.5) is 18.9 Å². The van der Waals surface area contributed by atoms with Crippen LogP contribution in [0.15, 0.2) is 30.3 Å². The van der Waals surface area contributed by atoms with Crippen molar-refractivity contribution in [1.82, 2.24) is 0 Å². The maximum absolute atomic E-state index is 12.0. The number of halogens is 3. The van der Waals surface area contributed by atoms with Crippen LogP contribution < -0.4 is 11.1 Å². The summed E-state index contributed by atoms with van der Waals surface area (Å²) in [6, 6.07) is 7.64. The monoisotopic (exact) mass is 351 g/mol. The molecular formula is C14H20F3N3O2S. The van der Waals surface area contributed by atoms with Gasteiger partial charge in [-0.1, -0.05) is 18.2 Å². The molecule has 0 aliphatic rings. The Morgan fingerprint density at radius 3 is 2.43 bits per heavy atom. The quantitative estimate of drug-likeness (QED) is 0.672. The molecule has 0 spiro atoms. The van der Waals surface area contributed by atoms with Crippen molar-refractivity contribution in [2.24, 2.45) is 5.73 Å². The highest BCUT2D eigenvalue weighted by Gasteiger charge is 2.27. The minimum atomic E-state index is -4.32. The maximum atomic E-state index is 12.0. The smallest absolute Gasteiger partial charge is 0.325 e. The highest BCUT2D eigenvalue weighted by molar-refractivity contribution is 7.92. The third-order valence-electron chi connectivity index (χ3n) is 3.07. The molecule has 0 radical (unpaired) electrons. The highest BCUT2D eigenvalue weighted by atomic mass is 32.2. The summed E-state index contributed by atoms with van der Waals surface area (Å²) in [5.74, 6) is -1.03. The fourth-order valence-electron chi connectivity index (χ4n) is 1.81. The minimum Gasteiger partial charge on any atom is -0.325 e. The predicted octanol–water partition coefficient (Wildman–Crippen LogP) is 2.73. The van der Waals surface area contributed by atoms with Crippen LogP contribution in [0, 0.1) is 4.78 Å². The number of carbonyl (C=O) groups excluding carboxylic acids is 1. The second-order valence-electron chi connectivity index (χ2n) is 5.19. The van der Waals surface area contributed by atoms with Crippen LogP contribution in [-0.4, -0.2) is 33.8 Å². The van der Waals surface area contributed by atoms with Gasteiger partial charge in [0, 0.05) is 33.3 Å². The van der Waals surface area contributed by atoms with Crippen molar-refractivity contribution in [3.8, 4) is 0 Å². The van der Waals surface area contributed by atoms with Gasteiger partial charge in [0.25, 0.3) is 0 Å². The third-order valence-corrected chi connectivity index (χ3v) is 4.91. The number of anilines is 1. The van der Waals surface area contributed by atoms with E-state index in [9.17, 15) is 22.2 Å². The van der Waals surface area contributed by atoms with E-state index in [-0.39, 0.29) is 24.3 Å². The summed E-state index contributed by atoms with van der Waals surface area (Å²) in [4.78, 5) is 11.8. The van der Waals surface area contributed by atoms with Crippen molar-refractivity contribution < 1.29 is 22.2 Å². The minimum absolute atomic E-state index is 0.0208. The number of carbonyl (C=O) groups is 1. The van der Waals surface area contributed by atoms with Gasteiger partial charge in [-0.25, -0.2) is 4.21 Å². The lowest BCUT2D eigenvalue weighted by molar-refractivity contribution is -0.134. The number of hydrogen-bond donors (Lipinski definition) is 3. The van der Waals surface area contributed by atoms with E-state index in [1.807, 2.05) is 0 Å². The molecule has 0 aliphatic carbocycles. The second-order valence-corrected chi connectivity index (χ2v) is 7.63. The summed E-state index contributed by atoms with van der Waals surface area (Å²) in [7, 11) is -3.17. The zero-order valence-electron chi connectivity index (χ0n) is 12.4. The van der Waals surface area contributed by atoms with E-state index >= 15 is 0 Å². The fourth-order valence-corrected chi connectivity index (χ4v) is 3.26. The lowest BCUT2D eigenvalue weighted by Gasteiger charge is -2.14. The summed E-state index contributed by atoms with van der Waals surface area (Å²) in [6.07, 6.45) is -5.77. The van der Waals surface area contributed by atoms with Gasteiger partial charge in [-0.15, -0.1) is 0 Å². The van der Waals surface area contributed by atoms with Crippen LogP contribution in [0.2, 0.25) is 0 Å². The van der Waals surface area contributed by atoms with Gasteiger partial charge in [0.05, 0.1) is 6.04 Å². The summed E-state index contributed by atoms with van der Waals surface area (Å²) in [5, 5.41) is 2.57. The summed E-state index contributed by atoms with van der Waals surface area (Å²) >= 11 is 0. The van der Waals surface area contributed by atoms with Crippen LogP contribution in [-0.2, 0) is 14.5 Å². The number of para-hydroxylation sites is 1.